The number of pyridine rings is 1. The topological polar surface area (TPSA) is 40.9 Å². The Labute approximate surface area is 140 Å². The van der Waals surface area contributed by atoms with Crippen LogP contribution < -0.4 is 4.90 Å². The molecule has 4 heteroatoms. The molecule has 2 aromatic carbocycles. The molecular weight excluding hydrogens is 296 g/mol. The number of nitrogens with zero attached hydrogens (tertiary/aromatic N) is 4. The lowest BCUT2D eigenvalue weighted by molar-refractivity contribution is 1.18. The molecule has 24 heavy (non-hydrogen) atoms. The van der Waals surface area contributed by atoms with Crippen molar-refractivity contribution in [2.24, 2.45) is 10.2 Å². The molecule has 116 valence electrons. The lowest BCUT2D eigenvalue weighted by atomic mass is 10.1. The van der Waals surface area contributed by atoms with Gasteiger partial charge < -0.3 is 4.90 Å². The predicted octanol–water partition coefficient (Wildman–Crippen LogP) is 3.73. The van der Waals surface area contributed by atoms with Gasteiger partial charge in [-0.3, -0.25) is 4.98 Å². The van der Waals surface area contributed by atoms with Gasteiger partial charge in [0.15, 0.2) is 5.84 Å². The standard InChI is InChI=1S/C20H16N4/c1-24-17-13-8-14-21-19(17)18(15-9-4-2-5-10-15)22-23-20(24)16-11-6-3-7-12-16/h2-14H,1H3. The van der Waals surface area contributed by atoms with Gasteiger partial charge in [-0.25, -0.2) is 0 Å². The second-order valence-electron chi connectivity index (χ2n) is 5.53. The van der Waals surface area contributed by atoms with Crippen LogP contribution >= 0.6 is 0 Å². The minimum absolute atomic E-state index is 0.781. The second-order valence-corrected chi connectivity index (χ2v) is 5.53. The Morgan fingerprint density at radius 3 is 2.08 bits per heavy atom. The zero-order valence-corrected chi connectivity index (χ0v) is 13.3. The minimum atomic E-state index is 0.781. The van der Waals surface area contributed by atoms with Crippen molar-refractivity contribution >= 4 is 17.2 Å². The van der Waals surface area contributed by atoms with E-state index < -0.39 is 0 Å². The van der Waals surface area contributed by atoms with E-state index >= 15 is 0 Å². The van der Waals surface area contributed by atoms with Crippen molar-refractivity contribution in [1.82, 2.24) is 4.98 Å². The number of fused-ring (bicyclic) bond motifs is 1. The van der Waals surface area contributed by atoms with Crippen molar-refractivity contribution in [1.29, 1.82) is 0 Å². The Hall–Kier alpha value is -3.27. The number of hydrogen-bond acceptors (Lipinski definition) is 4. The summed E-state index contributed by atoms with van der Waals surface area (Å²) < 4.78 is 0. The van der Waals surface area contributed by atoms with Crippen LogP contribution in [0, 0.1) is 0 Å². The largest absolute Gasteiger partial charge is 0.326 e. The molecule has 0 saturated carbocycles. The van der Waals surface area contributed by atoms with Crippen molar-refractivity contribution in [2.75, 3.05) is 11.9 Å². The van der Waals surface area contributed by atoms with E-state index in [1.54, 1.807) is 6.20 Å². The van der Waals surface area contributed by atoms with Gasteiger partial charge in [-0.15, -0.1) is 10.2 Å². The van der Waals surface area contributed by atoms with E-state index in [1.165, 1.54) is 0 Å². The third kappa shape index (κ3) is 2.48. The SMILES string of the molecule is CN1C(c2ccccc2)=NN=C(c2ccccc2)c2ncccc21. The first-order valence-corrected chi connectivity index (χ1v) is 7.80. The molecule has 0 bridgehead atoms. The van der Waals surface area contributed by atoms with Gasteiger partial charge in [0.25, 0.3) is 0 Å². The van der Waals surface area contributed by atoms with E-state index in [9.17, 15) is 0 Å². The highest BCUT2D eigenvalue weighted by Crippen LogP contribution is 2.25. The number of rotatable bonds is 2. The van der Waals surface area contributed by atoms with Crippen LogP contribution in [0.3, 0.4) is 0 Å². The third-order valence-corrected chi connectivity index (χ3v) is 4.01. The predicted molar refractivity (Wildman–Crippen MR) is 97.7 cm³/mol. The van der Waals surface area contributed by atoms with Crippen LogP contribution in [0.25, 0.3) is 0 Å². The summed E-state index contributed by atoms with van der Waals surface area (Å²) in [5.41, 5.74) is 4.63. The van der Waals surface area contributed by atoms with Crippen molar-refractivity contribution in [2.45, 2.75) is 0 Å². The molecule has 1 aromatic heterocycles. The summed E-state index contributed by atoms with van der Waals surface area (Å²) in [6, 6.07) is 24.1. The van der Waals surface area contributed by atoms with Gasteiger partial charge in [0, 0.05) is 24.4 Å². The molecule has 0 atom stereocenters. The van der Waals surface area contributed by atoms with Crippen molar-refractivity contribution < 1.29 is 0 Å². The fourth-order valence-electron chi connectivity index (χ4n) is 2.80. The Morgan fingerprint density at radius 2 is 1.38 bits per heavy atom. The molecule has 2 heterocycles. The van der Waals surface area contributed by atoms with Crippen LogP contribution in [0.15, 0.2) is 89.2 Å². The van der Waals surface area contributed by atoms with Crippen LogP contribution in [-0.4, -0.2) is 23.6 Å². The first-order valence-electron chi connectivity index (χ1n) is 7.80. The molecule has 0 radical (unpaired) electrons. The molecule has 1 aliphatic rings. The summed E-state index contributed by atoms with van der Waals surface area (Å²) in [5, 5.41) is 9.08. The Morgan fingerprint density at radius 1 is 0.708 bits per heavy atom. The number of benzene rings is 2. The van der Waals surface area contributed by atoms with Crippen LogP contribution in [0.4, 0.5) is 5.69 Å². The Balaban J connectivity index is 1.93. The molecule has 0 amide bonds. The van der Waals surface area contributed by atoms with Gasteiger partial charge in [-0.1, -0.05) is 60.7 Å². The molecule has 0 saturated heterocycles. The van der Waals surface area contributed by atoms with E-state index in [0.29, 0.717) is 0 Å². The molecule has 4 rings (SSSR count). The molecule has 0 spiro atoms. The second kappa shape index (κ2) is 6.08. The molecule has 0 unspecified atom stereocenters. The Kier molecular flexibility index (Phi) is 3.63. The first-order chi connectivity index (χ1) is 11.8. The molecule has 0 N–H and O–H groups in total. The normalized spacial score (nSPS) is 13.6. The number of aromatic nitrogens is 1. The summed E-state index contributed by atoms with van der Waals surface area (Å²) in [7, 11) is 2.00. The van der Waals surface area contributed by atoms with E-state index in [1.807, 2.05) is 84.7 Å². The molecule has 3 aromatic rings. The average Bonchev–Trinajstić information content (AvgIpc) is 2.80. The fraction of sp³-hybridized carbons (Fsp3) is 0.0500. The molecule has 0 aliphatic carbocycles. The smallest absolute Gasteiger partial charge is 0.162 e. The average molecular weight is 312 g/mol. The quantitative estimate of drug-likeness (QED) is 0.723. The highest BCUT2D eigenvalue weighted by molar-refractivity contribution is 6.20. The summed E-state index contributed by atoms with van der Waals surface area (Å²) >= 11 is 0. The van der Waals surface area contributed by atoms with E-state index in [0.717, 1.165) is 34.1 Å². The van der Waals surface area contributed by atoms with Gasteiger partial charge in [0.1, 0.15) is 11.4 Å². The van der Waals surface area contributed by atoms with Gasteiger partial charge in [-0.2, -0.15) is 0 Å². The van der Waals surface area contributed by atoms with Crippen LogP contribution in [0.2, 0.25) is 0 Å². The van der Waals surface area contributed by atoms with Gasteiger partial charge in [-0.05, 0) is 12.1 Å². The maximum atomic E-state index is 4.57. The van der Waals surface area contributed by atoms with Crippen LogP contribution in [0.1, 0.15) is 16.8 Å². The highest BCUT2D eigenvalue weighted by Gasteiger charge is 2.22. The highest BCUT2D eigenvalue weighted by atomic mass is 15.3. The zero-order valence-electron chi connectivity index (χ0n) is 13.3. The summed E-state index contributed by atoms with van der Waals surface area (Å²) in [4.78, 5) is 6.61. The van der Waals surface area contributed by atoms with E-state index in [-0.39, 0.29) is 0 Å². The number of amidine groups is 1. The van der Waals surface area contributed by atoms with Gasteiger partial charge in [0.2, 0.25) is 0 Å². The zero-order chi connectivity index (χ0) is 16.4. The third-order valence-electron chi connectivity index (χ3n) is 4.01. The van der Waals surface area contributed by atoms with Crippen LogP contribution in [-0.2, 0) is 0 Å². The summed E-state index contributed by atoms with van der Waals surface area (Å²) in [6.07, 6.45) is 1.79. The summed E-state index contributed by atoms with van der Waals surface area (Å²) in [6.45, 7) is 0. The molecule has 1 aliphatic heterocycles. The number of hydrogen-bond donors (Lipinski definition) is 0. The summed E-state index contributed by atoms with van der Waals surface area (Å²) in [5.74, 6) is 0.802. The Bertz CT molecular complexity index is 915. The first kappa shape index (κ1) is 14.3. The van der Waals surface area contributed by atoms with E-state index in [2.05, 4.69) is 15.2 Å². The maximum absolute atomic E-state index is 4.57. The molecule has 4 nitrogen and oxygen atoms in total. The fourth-order valence-corrected chi connectivity index (χ4v) is 2.80. The molecule has 0 fully saturated rings. The van der Waals surface area contributed by atoms with E-state index in [4.69, 9.17) is 0 Å². The molecular formula is C20H16N4. The lowest BCUT2D eigenvalue weighted by Gasteiger charge is -2.21. The van der Waals surface area contributed by atoms with Crippen molar-refractivity contribution in [3.05, 3.63) is 95.8 Å². The van der Waals surface area contributed by atoms with Crippen molar-refractivity contribution in [3.8, 4) is 0 Å². The minimum Gasteiger partial charge on any atom is -0.326 e. The van der Waals surface area contributed by atoms with Gasteiger partial charge in [0.05, 0.1) is 5.69 Å². The lowest BCUT2D eigenvalue weighted by Crippen LogP contribution is -2.27. The number of anilines is 1. The van der Waals surface area contributed by atoms with Crippen molar-refractivity contribution in [3.63, 3.8) is 0 Å². The van der Waals surface area contributed by atoms with Gasteiger partial charge >= 0.3 is 0 Å². The van der Waals surface area contributed by atoms with Crippen LogP contribution in [0.5, 0.6) is 0 Å². The maximum Gasteiger partial charge on any atom is 0.162 e. The monoisotopic (exact) mass is 312 g/mol.